The number of hydrogen-bond donors (Lipinski definition) is 1. The monoisotopic (exact) mass is 290 g/mol. The number of nitrogens with zero attached hydrogens (tertiary/aromatic N) is 1. The number of urea groups is 1. The molecule has 1 atom stereocenters. The molecule has 0 saturated carbocycles. The number of Topliss-reactive ketones (excluding diaryl/α,β-unsaturated/α-hetero) is 1. The molecule has 1 fully saturated rings. The molecule has 1 aromatic carbocycles. The number of anilines is 1. The lowest BCUT2D eigenvalue weighted by Gasteiger charge is -2.41. The van der Waals surface area contributed by atoms with Crippen LogP contribution in [-0.2, 0) is 4.74 Å². The van der Waals surface area contributed by atoms with Crippen LogP contribution in [0.5, 0.6) is 0 Å². The molecule has 5 nitrogen and oxygen atoms in total. The Kier molecular flexibility index (Phi) is 4.32. The second kappa shape index (κ2) is 5.85. The number of benzene rings is 1. The molecule has 1 saturated heterocycles. The fourth-order valence-electron chi connectivity index (χ4n) is 2.63. The van der Waals surface area contributed by atoms with Crippen LogP contribution >= 0.6 is 0 Å². The Labute approximate surface area is 125 Å². The number of morpholine rings is 1. The summed E-state index contributed by atoms with van der Waals surface area (Å²) in [6, 6.07) is 6.80. The van der Waals surface area contributed by atoms with E-state index in [1.54, 1.807) is 29.2 Å². The number of carbonyl (C=O) groups excluding carboxylic acids is 2. The predicted molar refractivity (Wildman–Crippen MR) is 81.7 cm³/mol. The average molecular weight is 290 g/mol. The summed E-state index contributed by atoms with van der Waals surface area (Å²) < 4.78 is 5.79. The lowest BCUT2D eigenvalue weighted by Crippen LogP contribution is -2.54. The first-order valence-electron chi connectivity index (χ1n) is 7.11. The Hall–Kier alpha value is -1.88. The quantitative estimate of drug-likeness (QED) is 0.852. The zero-order valence-corrected chi connectivity index (χ0v) is 13.0. The Bertz CT molecular complexity index is 554. The number of ether oxygens (including phenoxy) is 1. The Balaban J connectivity index is 2.07. The van der Waals surface area contributed by atoms with Gasteiger partial charge in [0, 0.05) is 17.8 Å². The predicted octanol–water partition coefficient (Wildman–Crippen LogP) is 2.92. The Morgan fingerprint density at radius 1 is 1.38 bits per heavy atom. The first-order chi connectivity index (χ1) is 9.77. The van der Waals surface area contributed by atoms with Crippen molar-refractivity contribution in [2.45, 2.75) is 39.4 Å². The van der Waals surface area contributed by atoms with E-state index in [0.29, 0.717) is 24.3 Å². The van der Waals surface area contributed by atoms with Crippen molar-refractivity contribution in [2.75, 3.05) is 18.4 Å². The zero-order chi connectivity index (χ0) is 15.6. The highest BCUT2D eigenvalue weighted by molar-refractivity contribution is 5.96. The van der Waals surface area contributed by atoms with Crippen molar-refractivity contribution < 1.29 is 14.3 Å². The van der Waals surface area contributed by atoms with Crippen LogP contribution in [0.1, 0.15) is 38.1 Å². The second-order valence-corrected chi connectivity index (χ2v) is 6.14. The van der Waals surface area contributed by atoms with Gasteiger partial charge in [-0.15, -0.1) is 0 Å². The van der Waals surface area contributed by atoms with Crippen LogP contribution in [0.25, 0.3) is 0 Å². The van der Waals surface area contributed by atoms with Gasteiger partial charge in [0.2, 0.25) is 0 Å². The van der Waals surface area contributed by atoms with Gasteiger partial charge in [-0.3, -0.25) is 4.79 Å². The van der Waals surface area contributed by atoms with Crippen molar-refractivity contribution in [3.05, 3.63) is 29.8 Å². The van der Waals surface area contributed by atoms with Crippen molar-refractivity contribution in [1.29, 1.82) is 0 Å². The van der Waals surface area contributed by atoms with Gasteiger partial charge in [0.1, 0.15) is 0 Å². The maximum atomic E-state index is 12.4. The normalized spacial score (nSPS) is 21.0. The first kappa shape index (κ1) is 15.5. The molecule has 0 aliphatic carbocycles. The highest BCUT2D eigenvalue weighted by atomic mass is 16.5. The van der Waals surface area contributed by atoms with Gasteiger partial charge < -0.3 is 15.0 Å². The van der Waals surface area contributed by atoms with Crippen LogP contribution in [0, 0.1) is 0 Å². The summed E-state index contributed by atoms with van der Waals surface area (Å²) >= 11 is 0. The molecule has 21 heavy (non-hydrogen) atoms. The summed E-state index contributed by atoms with van der Waals surface area (Å²) in [5, 5.41) is 2.84. The molecule has 114 valence electrons. The van der Waals surface area contributed by atoms with Crippen molar-refractivity contribution in [3.8, 4) is 0 Å². The molecule has 0 spiro atoms. The average Bonchev–Trinajstić information content (AvgIpc) is 2.36. The fraction of sp³-hybridized carbons (Fsp3) is 0.500. The van der Waals surface area contributed by atoms with E-state index in [-0.39, 0.29) is 23.5 Å². The summed E-state index contributed by atoms with van der Waals surface area (Å²) in [4.78, 5) is 25.5. The van der Waals surface area contributed by atoms with Gasteiger partial charge in [0.05, 0.1) is 18.2 Å². The van der Waals surface area contributed by atoms with Gasteiger partial charge in [-0.05, 0) is 39.8 Å². The summed E-state index contributed by atoms with van der Waals surface area (Å²) in [6.07, 6.45) is 0.00283. The molecule has 0 bridgehead atoms. The third-order valence-electron chi connectivity index (χ3n) is 3.38. The van der Waals surface area contributed by atoms with Gasteiger partial charge in [-0.25, -0.2) is 4.79 Å². The maximum Gasteiger partial charge on any atom is 0.322 e. The van der Waals surface area contributed by atoms with Gasteiger partial charge in [0.15, 0.2) is 5.78 Å². The third-order valence-corrected chi connectivity index (χ3v) is 3.38. The summed E-state index contributed by atoms with van der Waals surface area (Å²) in [7, 11) is 0. The standard InChI is InChI=1S/C16H22N2O3/c1-11-9-18(10-16(3,4)21-11)15(20)17-14-7-5-6-13(8-14)12(2)19/h5-8,11H,9-10H2,1-4H3,(H,17,20). The van der Waals surface area contributed by atoms with Crippen LogP contribution < -0.4 is 5.32 Å². The highest BCUT2D eigenvalue weighted by Crippen LogP contribution is 2.21. The topological polar surface area (TPSA) is 58.6 Å². The van der Waals surface area contributed by atoms with Gasteiger partial charge in [0.25, 0.3) is 0 Å². The van der Waals surface area contributed by atoms with Crippen LogP contribution in [0.3, 0.4) is 0 Å². The number of hydrogen-bond acceptors (Lipinski definition) is 3. The molecule has 1 unspecified atom stereocenters. The molecule has 0 radical (unpaired) electrons. The molecule has 5 heteroatoms. The van der Waals surface area contributed by atoms with Crippen LogP contribution in [-0.4, -0.2) is 41.5 Å². The van der Waals surface area contributed by atoms with Crippen molar-refractivity contribution in [3.63, 3.8) is 0 Å². The zero-order valence-electron chi connectivity index (χ0n) is 13.0. The maximum absolute atomic E-state index is 12.4. The number of rotatable bonds is 2. The SMILES string of the molecule is CC(=O)c1cccc(NC(=O)N2CC(C)OC(C)(C)C2)c1. The number of nitrogens with one attached hydrogen (secondary N) is 1. The van der Waals surface area contributed by atoms with Gasteiger partial charge in [-0.2, -0.15) is 0 Å². The minimum atomic E-state index is -0.351. The third kappa shape index (κ3) is 4.04. The van der Waals surface area contributed by atoms with Crippen molar-refractivity contribution in [1.82, 2.24) is 4.90 Å². The van der Waals surface area contributed by atoms with E-state index in [1.807, 2.05) is 20.8 Å². The Morgan fingerprint density at radius 3 is 2.71 bits per heavy atom. The molecule has 1 aromatic rings. The molecule has 1 heterocycles. The second-order valence-electron chi connectivity index (χ2n) is 6.14. The summed E-state index contributed by atoms with van der Waals surface area (Å²) in [5.41, 5.74) is 0.865. The van der Waals surface area contributed by atoms with Crippen LogP contribution in [0.4, 0.5) is 10.5 Å². The summed E-state index contributed by atoms with van der Waals surface area (Å²) in [6.45, 7) is 8.50. The van der Waals surface area contributed by atoms with E-state index in [2.05, 4.69) is 5.32 Å². The number of ketones is 1. The molecular formula is C16H22N2O3. The lowest BCUT2D eigenvalue weighted by molar-refractivity contribution is -0.116. The largest absolute Gasteiger partial charge is 0.369 e. The molecule has 2 amide bonds. The van der Waals surface area contributed by atoms with Crippen molar-refractivity contribution >= 4 is 17.5 Å². The number of amides is 2. The minimum absolute atomic E-state index is 0.00283. The van der Waals surface area contributed by atoms with Crippen molar-refractivity contribution in [2.24, 2.45) is 0 Å². The minimum Gasteiger partial charge on any atom is -0.369 e. The molecule has 1 N–H and O–H groups in total. The molecular weight excluding hydrogens is 268 g/mol. The van der Waals surface area contributed by atoms with E-state index < -0.39 is 0 Å². The van der Waals surface area contributed by atoms with E-state index >= 15 is 0 Å². The molecule has 0 aromatic heterocycles. The molecule has 1 aliphatic rings. The first-order valence-corrected chi connectivity index (χ1v) is 7.11. The van der Waals surface area contributed by atoms with E-state index in [0.717, 1.165) is 0 Å². The van der Waals surface area contributed by atoms with E-state index in [9.17, 15) is 9.59 Å². The molecule has 1 aliphatic heterocycles. The van der Waals surface area contributed by atoms with E-state index in [4.69, 9.17) is 4.74 Å². The van der Waals surface area contributed by atoms with Gasteiger partial charge in [-0.1, -0.05) is 12.1 Å². The fourth-order valence-corrected chi connectivity index (χ4v) is 2.63. The number of carbonyl (C=O) groups is 2. The highest BCUT2D eigenvalue weighted by Gasteiger charge is 2.33. The molecule has 2 rings (SSSR count). The summed E-state index contributed by atoms with van der Waals surface area (Å²) in [5.74, 6) is -0.0211. The Morgan fingerprint density at radius 2 is 2.10 bits per heavy atom. The van der Waals surface area contributed by atoms with Crippen LogP contribution in [0.15, 0.2) is 24.3 Å². The smallest absolute Gasteiger partial charge is 0.322 e. The lowest BCUT2D eigenvalue weighted by atomic mass is 10.1. The van der Waals surface area contributed by atoms with E-state index in [1.165, 1.54) is 6.92 Å². The van der Waals surface area contributed by atoms with Crippen LogP contribution in [0.2, 0.25) is 0 Å². The van der Waals surface area contributed by atoms with Gasteiger partial charge >= 0.3 is 6.03 Å².